The van der Waals surface area contributed by atoms with Crippen LogP contribution >= 0.6 is 0 Å². The highest BCUT2D eigenvalue weighted by atomic mass is 16.5. The van der Waals surface area contributed by atoms with Crippen molar-refractivity contribution in [2.45, 2.75) is 64.2 Å². The zero-order chi connectivity index (χ0) is 22.6. The van der Waals surface area contributed by atoms with Crippen LogP contribution in [-0.2, 0) is 22.6 Å². The van der Waals surface area contributed by atoms with Crippen LogP contribution in [0, 0.1) is 6.92 Å². The Labute approximate surface area is 196 Å². The number of hydrogen-bond acceptors (Lipinski definition) is 6. The summed E-state index contributed by atoms with van der Waals surface area (Å²) in [5.41, 5.74) is 3.62. The fourth-order valence-electron chi connectivity index (χ4n) is 5.60. The number of amides is 1. The Morgan fingerprint density at radius 1 is 0.970 bits per heavy atom. The van der Waals surface area contributed by atoms with Gasteiger partial charge in [-0.1, -0.05) is 36.2 Å². The summed E-state index contributed by atoms with van der Waals surface area (Å²) in [7, 11) is 0. The molecule has 0 saturated carbocycles. The van der Waals surface area contributed by atoms with Gasteiger partial charge < -0.3 is 14.5 Å². The highest BCUT2D eigenvalue weighted by Gasteiger charge is 2.40. The summed E-state index contributed by atoms with van der Waals surface area (Å²) in [5.74, 6) is 1.11. The van der Waals surface area contributed by atoms with Crippen molar-refractivity contribution in [3.63, 3.8) is 0 Å². The summed E-state index contributed by atoms with van der Waals surface area (Å²) in [5, 5.41) is 0. The summed E-state index contributed by atoms with van der Waals surface area (Å²) in [6.45, 7) is 7.85. The normalized spacial score (nSPS) is 24.5. The van der Waals surface area contributed by atoms with Crippen LogP contribution in [0.25, 0.3) is 0 Å². The third-order valence-corrected chi connectivity index (χ3v) is 7.29. The van der Waals surface area contributed by atoms with Crippen LogP contribution in [0.3, 0.4) is 0 Å². The number of carbonyl (C=O) groups is 1. The zero-order valence-electron chi connectivity index (χ0n) is 19.7. The molecule has 2 atom stereocenters. The van der Waals surface area contributed by atoms with Gasteiger partial charge in [0.25, 0.3) is 0 Å². The number of anilines is 1. The van der Waals surface area contributed by atoms with Gasteiger partial charge in [-0.2, -0.15) is 0 Å². The van der Waals surface area contributed by atoms with Gasteiger partial charge in [-0.3, -0.25) is 9.69 Å². The topological polar surface area (TPSA) is 61.8 Å². The number of rotatable bonds is 5. The van der Waals surface area contributed by atoms with Crippen molar-refractivity contribution >= 4 is 11.9 Å². The van der Waals surface area contributed by atoms with Crippen LogP contribution in [-0.4, -0.2) is 70.6 Å². The Hall–Kier alpha value is -2.51. The fraction of sp³-hybridized carbons (Fsp3) is 0.577. The summed E-state index contributed by atoms with van der Waals surface area (Å²) in [6.07, 6.45) is 8.91. The van der Waals surface area contributed by atoms with E-state index in [1.54, 1.807) is 0 Å². The molecule has 0 unspecified atom stereocenters. The van der Waals surface area contributed by atoms with Crippen LogP contribution < -0.4 is 4.90 Å². The molecule has 1 aromatic heterocycles. The Bertz CT molecular complexity index is 944. The van der Waals surface area contributed by atoms with Crippen LogP contribution in [0.4, 0.5) is 5.95 Å². The van der Waals surface area contributed by atoms with Crippen molar-refractivity contribution in [3.8, 4) is 0 Å². The van der Waals surface area contributed by atoms with E-state index >= 15 is 0 Å². The average molecular weight is 450 g/mol. The molecule has 0 bridgehead atoms. The van der Waals surface area contributed by atoms with Crippen molar-refractivity contribution < 1.29 is 9.53 Å². The van der Waals surface area contributed by atoms with Crippen molar-refractivity contribution in [2.24, 2.45) is 0 Å². The Morgan fingerprint density at radius 2 is 1.79 bits per heavy atom. The van der Waals surface area contributed by atoms with Crippen LogP contribution in [0.2, 0.25) is 0 Å². The van der Waals surface area contributed by atoms with E-state index in [2.05, 4.69) is 55.9 Å². The minimum Gasteiger partial charge on any atom is -0.378 e. The number of ether oxygens (including phenoxy) is 1. The number of likely N-dealkylation sites (tertiary alicyclic amines) is 2. The van der Waals surface area contributed by atoms with E-state index in [0.717, 1.165) is 76.6 Å². The van der Waals surface area contributed by atoms with E-state index in [1.807, 2.05) is 12.4 Å². The molecule has 0 spiro atoms. The molecule has 0 radical (unpaired) electrons. The van der Waals surface area contributed by atoms with E-state index in [0.29, 0.717) is 24.9 Å². The first-order valence-electron chi connectivity index (χ1n) is 12.4. The molecule has 3 aliphatic heterocycles. The van der Waals surface area contributed by atoms with Crippen LogP contribution in [0.15, 0.2) is 36.7 Å². The highest BCUT2D eigenvalue weighted by Crippen LogP contribution is 2.32. The summed E-state index contributed by atoms with van der Waals surface area (Å²) in [6, 6.07) is 9.25. The molecule has 5 rings (SSSR count). The predicted molar refractivity (Wildman–Crippen MR) is 128 cm³/mol. The van der Waals surface area contributed by atoms with Crippen molar-refractivity contribution in [2.75, 3.05) is 37.7 Å². The lowest BCUT2D eigenvalue weighted by atomic mass is 9.96. The standard InChI is InChI=1S/C26H35N5O2/c1-20-5-4-6-21(15-20)19-31-24-9-10-30(23(24)7-2-3-8-25(31)32)18-22-16-27-26(28-17-22)29-11-13-33-14-12-29/h4-6,15-17,23-24H,2-3,7-14,18-19H2,1H3/t23-,24+/m1/s1. The molecule has 33 heavy (non-hydrogen) atoms. The Morgan fingerprint density at radius 3 is 2.58 bits per heavy atom. The van der Waals surface area contributed by atoms with E-state index in [9.17, 15) is 4.79 Å². The number of carbonyl (C=O) groups excluding carboxylic acids is 1. The molecule has 3 aliphatic rings. The van der Waals surface area contributed by atoms with Gasteiger partial charge in [0.05, 0.1) is 13.2 Å². The average Bonchev–Trinajstić information content (AvgIpc) is 3.21. The molecule has 1 amide bonds. The lowest BCUT2D eigenvalue weighted by molar-refractivity contribution is -0.135. The molecule has 3 saturated heterocycles. The van der Waals surface area contributed by atoms with E-state index in [-0.39, 0.29) is 6.04 Å². The van der Waals surface area contributed by atoms with Gasteiger partial charge in [0.15, 0.2) is 0 Å². The molecule has 176 valence electrons. The van der Waals surface area contributed by atoms with Crippen molar-refractivity contribution in [1.82, 2.24) is 19.8 Å². The fourth-order valence-corrected chi connectivity index (χ4v) is 5.60. The zero-order valence-corrected chi connectivity index (χ0v) is 19.7. The third kappa shape index (κ3) is 5.20. The minimum atomic E-state index is 0.284. The molecule has 7 heteroatoms. The number of hydrogen-bond donors (Lipinski definition) is 0. The predicted octanol–water partition coefficient (Wildman–Crippen LogP) is 3.17. The minimum absolute atomic E-state index is 0.284. The first-order chi connectivity index (χ1) is 16.2. The number of benzene rings is 1. The molecule has 7 nitrogen and oxygen atoms in total. The largest absolute Gasteiger partial charge is 0.378 e. The van der Waals surface area contributed by atoms with Crippen molar-refractivity contribution in [3.05, 3.63) is 53.3 Å². The number of nitrogens with zero attached hydrogens (tertiary/aromatic N) is 5. The van der Waals surface area contributed by atoms with Crippen LogP contribution in [0.1, 0.15) is 48.8 Å². The second-order valence-corrected chi connectivity index (χ2v) is 9.64. The highest BCUT2D eigenvalue weighted by molar-refractivity contribution is 5.76. The first kappa shape index (κ1) is 22.3. The van der Waals surface area contributed by atoms with Gasteiger partial charge in [0, 0.05) is 69.2 Å². The summed E-state index contributed by atoms with van der Waals surface area (Å²) in [4.78, 5) is 29.3. The van der Waals surface area contributed by atoms with Crippen LogP contribution in [0.5, 0.6) is 0 Å². The second kappa shape index (κ2) is 10.2. The maximum absolute atomic E-state index is 13.1. The molecule has 4 heterocycles. The number of aryl methyl sites for hydroxylation is 1. The van der Waals surface area contributed by atoms with Gasteiger partial charge in [-0.15, -0.1) is 0 Å². The maximum atomic E-state index is 13.1. The number of aromatic nitrogens is 2. The van der Waals surface area contributed by atoms with E-state index < -0.39 is 0 Å². The van der Waals surface area contributed by atoms with Gasteiger partial charge in [-0.05, 0) is 31.7 Å². The monoisotopic (exact) mass is 449 g/mol. The molecule has 1 aromatic carbocycles. The molecule has 2 aromatic rings. The van der Waals surface area contributed by atoms with Crippen molar-refractivity contribution in [1.29, 1.82) is 0 Å². The third-order valence-electron chi connectivity index (χ3n) is 7.29. The number of fused-ring (bicyclic) bond motifs is 1. The summed E-state index contributed by atoms with van der Waals surface area (Å²) >= 11 is 0. The molecule has 3 fully saturated rings. The summed E-state index contributed by atoms with van der Waals surface area (Å²) < 4.78 is 5.43. The van der Waals surface area contributed by atoms with E-state index in [1.165, 1.54) is 11.1 Å². The van der Waals surface area contributed by atoms with E-state index in [4.69, 9.17) is 4.74 Å². The molecule has 0 N–H and O–H groups in total. The molecular weight excluding hydrogens is 414 g/mol. The maximum Gasteiger partial charge on any atom is 0.225 e. The SMILES string of the molecule is Cc1cccc(CN2C(=O)CCCC[C@@H]3[C@@H]2CCN3Cc2cnc(N3CCOCC3)nc2)c1. The van der Waals surface area contributed by atoms with Gasteiger partial charge in [0.2, 0.25) is 11.9 Å². The molecular formula is C26H35N5O2. The number of morpholine rings is 1. The Balaban J connectivity index is 1.28. The Kier molecular flexibility index (Phi) is 6.88. The molecule has 0 aliphatic carbocycles. The quantitative estimate of drug-likeness (QED) is 0.699. The van der Waals surface area contributed by atoms with Gasteiger partial charge >= 0.3 is 0 Å². The lowest BCUT2D eigenvalue weighted by Gasteiger charge is -2.37. The van der Waals surface area contributed by atoms with Gasteiger partial charge in [-0.25, -0.2) is 9.97 Å². The first-order valence-corrected chi connectivity index (χ1v) is 12.4. The smallest absolute Gasteiger partial charge is 0.225 e. The van der Waals surface area contributed by atoms with Gasteiger partial charge in [0.1, 0.15) is 0 Å². The lowest BCUT2D eigenvalue weighted by Crippen LogP contribution is -2.48. The second-order valence-electron chi connectivity index (χ2n) is 9.64.